The van der Waals surface area contributed by atoms with Gasteiger partial charge in [-0.2, -0.15) is 5.26 Å². The minimum atomic E-state index is -0.344. The number of thiophene rings is 1. The van der Waals surface area contributed by atoms with Crippen molar-refractivity contribution in [2.45, 2.75) is 6.42 Å². The number of anilines is 1. The summed E-state index contributed by atoms with van der Waals surface area (Å²) in [5.41, 5.74) is 0.619. The molecule has 0 saturated carbocycles. The van der Waals surface area contributed by atoms with Gasteiger partial charge in [0.2, 0.25) is 5.91 Å². The van der Waals surface area contributed by atoms with E-state index >= 15 is 0 Å². The van der Waals surface area contributed by atoms with Crippen molar-refractivity contribution in [1.82, 2.24) is 5.32 Å². The summed E-state index contributed by atoms with van der Waals surface area (Å²) >= 11 is 1.39. The highest BCUT2D eigenvalue weighted by Crippen LogP contribution is 2.28. The van der Waals surface area contributed by atoms with Gasteiger partial charge in [0.25, 0.3) is 5.91 Å². The maximum absolute atomic E-state index is 11.5. The van der Waals surface area contributed by atoms with Gasteiger partial charge < -0.3 is 10.6 Å². The van der Waals surface area contributed by atoms with E-state index in [2.05, 4.69) is 10.6 Å². The van der Waals surface area contributed by atoms with Gasteiger partial charge in [-0.15, -0.1) is 11.3 Å². The zero-order chi connectivity index (χ0) is 13.8. The number of fused-ring (bicyclic) bond motifs is 1. The van der Waals surface area contributed by atoms with Crippen LogP contribution in [-0.2, 0) is 4.79 Å². The summed E-state index contributed by atoms with van der Waals surface area (Å²) in [4.78, 5) is 23.5. The van der Waals surface area contributed by atoms with E-state index < -0.39 is 0 Å². The van der Waals surface area contributed by atoms with Crippen LogP contribution in [0.3, 0.4) is 0 Å². The third-order valence-electron chi connectivity index (χ3n) is 2.49. The predicted octanol–water partition coefficient (Wildman–Crippen LogP) is 2.11. The molecule has 0 aliphatic carbocycles. The lowest BCUT2D eigenvalue weighted by Gasteiger charge is -2.01. The molecule has 2 N–H and O–H groups in total. The first-order valence-corrected chi connectivity index (χ1v) is 6.38. The Bertz CT molecular complexity index is 685. The number of amides is 2. The Morgan fingerprint density at radius 1 is 1.37 bits per heavy atom. The maximum atomic E-state index is 11.5. The molecule has 2 amide bonds. The Morgan fingerprint density at radius 2 is 2.16 bits per heavy atom. The number of carbonyl (C=O) groups excluding carboxylic acids is 2. The lowest BCUT2D eigenvalue weighted by Crippen LogP contribution is -2.15. The lowest BCUT2D eigenvalue weighted by molar-refractivity contribution is -0.115. The molecule has 0 bridgehead atoms. The highest BCUT2D eigenvalue weighted by molar-refractivity contribution is 7.20. The van der Waals surface area contributed by atoms with Crippen LogP contribution in [0.2, 0.25) is 0 Å². The number of nitrogens with one attached hydrogen (secondary N) is 2. The first kappa shape index (κ1) is 13.1. The second kappa shape index (κ2) is 5.50. The number of hydrogen-bond donors (Lipinski definition) is 2. The molecule has 0 spiro atoms. The van der Waals surface area contributed by atoms with Gasteiger partial charge >= 0.3 is 0 Å². The highest BCUT2D eigenvalue weighted by Gasteiger charge is 2.09. The number of benzene rings is 1. The van der Waals surface area contributed by atoms with Crippen LogP contribution < -0.4 is 10.6 Å². The van der Waals surface area contributed by atoms with E-state index in [1.807, 2.05) is 6.07 Å². The van der Waals surface area contributed by atoms with Gasteiger partial charge in [-0.1, -0.05) is 0 Å². The zero-order valence-electron chi connectivity index (χ0n) is 10.2. The van der Waals surface area contributed by atoms with Crippen molar-refractivity contribution >= 4 is 38.9 Å². The monoisotopic (exact) mass is 273 g/mol. The van der Waals surface area contributed by atoms with E-state index in [9.17, 15) is 9.59 Å². The lowest BCUT2D eigenvalue weighted by atomic mass is 10.2. The minimum absolute atomic E-state index is 0.128. The molecule has 0 radical (unpaired) electrons. The van der Waals surface area contributed by atoms with Crippen molar-refractivity contribution in [3.8, 4) is 6.07 Å². The van der Waals surface area contributed by atoms with Gasteiger partial charge in [-0.3, -0.25) is 9.59 Å². The Kier molecular flexibility index (Phi) is 3.78. The van der Waals surface area contributed by atoms with Crippen molar-refractivity contribution in [3.05, 3.63) is 29.1 Å². The number of carbonyl (C=O) groups is 2. The molecule has 1 aromatic heterocycles. The normalized spacial score (nSPS) is 9.89. The van der Waals surface area contributed by atoms with Gasteiger partial charge in [0, 0.05) is 17.4 Å². The number of nitrogens with zero attached hydrogens (tertiary/aromatic N) is 1. The number of nitriles is 1. The van der Waals surface area contributed by atoms with E-state index in [0.29, 0.717) is 10.6 Å². The Balaban J connectivity index is 2.28. The van der Waals surface area contributed by atoms with E-state index in [-0.39, 0.29) is 18.2 Å². The smallest absolute Gasteiger partial charge is 0.261 e. The molecule has 5 nitrogen and oxygen atoms in total. The number of hydrogen-bond acceptors (Lipinski definition) is 4. The van der Waals surface area contributed by atoms with E-state index in [0.717, 1.165) is 10.1 Å². The Hall–Kier alpha value is -2.39. The fourth-order valence-corrected chi connectivity index (χ4v) is 2.62. The third-order valence-corrected chi connectivity index (χ3v) is 3.61. The summed E-state index contributed by atoms with van der Waals surface area (Å²) in [6, 6.07) is 8.94. The molecule has 1 heterocycles. The molecule has 0 unspecified atom stereocenters. The summed E-state index contributed by atoms with van der Waals surface area (Å²) in [5, 5.41) is 14.5. The van der Waals surface area contributed by atoms with Gasteiger partial charge in [-0.05, 0) is 29.7 Å². The standard InChI is InChI=1S/C13H11N3O2S/c1-15-13(18)11-7-8-6-9(2-3-10(8)19-11)16-12(17)4-5-14/h2-3,6-7H,4H2,1H3,(H,15,18)(H,16,17). The summed E-state index contributed by atoms with van der Waals surface area (Å²) < 4.78 is 0.969. The fraction of sp³-hybridized carbons (Fsp3) is 0.154. The number of rotatable bonds is 3. The van der Waals surface area contributed by atoms with Crippen LogP contribution in [-0.4, -0.2) is 18.9 Å². The van der Waals surface area contributed by atoms with Crippen molar-refractivity contribution in [2.24, 2.45) is 0 Å². The quantitative estimate of drug-likeness (QED) is 0.898. The summed E-state index contributed by atoms with van der Waals surface area (Å²) in [6.45, 7) is 0. The van der Waals surface area contributed by atoms with Crippen molar-refractivity contribution in [3.63, 3.8) is 0 Å². The second-order valence-electron chi connectivity index (χ2n) is 3.83. The van der Waals surface area contributed by atoms with Gasteiger partial charge in [0.05, 0.1) is 10.9 Å². The average molecular weight is 273 g/mol. The van der Waals surface area contributed by atoms with Gasteiger partial charge in [-0.25, -0.2) is 0 Å². The van der Waals surface area contributed by atoms with Crippen LogP contribution in [0.4, 0.5) is 5.69 Å². The zero-order valence-corrected chi connectivity index (χ0v) is 11.0. The van der Waals surface area contributed by atoms with Gasteiger partial charge in [0.1, 0.15) is 6.42 Å². The van der Waals surface area contributed by atoms with Crippen LogP contribution in [0, 0.1) is 11.3 Å². The molecule has 0 fully saturated rings. The topological polar surface area (TPSA) is 82.0 Å². The Labute approximate surface area is 113 Å². The molecule has 0 saturated heterocycles. The molecule has 1 aromatic carbocycles. The molecule has 19 heavy (non-hydrogen) atoms. The molecular formula is C13H11N3O2S. The van der Waals surface area contributed by atoms with E-state index in [1.54, 1.807) is 31.3 Å². The van der Waals surface area contributed by atoms with Crippen LogP contribution in [0.1, 0.15) is 16.1 Å². The van der Waals surface area contributed by atoms with Crippen LogP contribution in [0.15, 0.2) is 24.3 Å². The molecule has 6 heteroatoms. The third kappa shape index (κ3) is 2.89. The van der Waals surface area contributed by atoms with E-state index in [1.165, 1.54) is 11.3 Å². The molecule has 0 aliphatic heterocycles. The first-order chi connectivity index (χ1) is 9.13. The van der Waals surface area contributed by atoms with Crippen molar-refractivity contribution < 1.29 is 9.59 Å². The van der Waals surface area contributed by atoms with Crippen LogP contribution in [0.25, 0.3) is 10.1 Å². The summed E-state index contributed by atoms with van der Waals surface area (Å²) in [6.07, 6.45) is -0.175. The SMILES string of the molecule is CNC(=O)c1cc2cc(NC(=O)CC#N)ccc2s1. The molecule has 2 aromatic rings. The van der Waals surface area contributed by atoms with Crippen LogP contribution in [0.5, 0.6) is 0 Å². The molecule has 2 rings (SSSR count). The average Bonchev–Trinajstić information content (AvgIpc) is 2.81. The summed E-state index contributed by atoms with van der Waals surface area (Å²) in [5.74, 6) is -0.472. The predicted molar refractivity (Wildman–Crippen MR) is 74.1 cm³/mol. The second-order valence-corrected chi connectivity index (χ2v) is 4.91. The minimum Gasteiger partial charge on any atom is -0.354 e. The first-order valence-electron chi connectivity index (χ1n) is 5.56. The van der Waals surface area contributed by atoms with Gasteiger partial charge in [0.15, 0.2) is 0 Å². The maximum Gasteiger partial charge on any atom is 0.261 e. The molecule has 0 atom stereocenters. The largest absolute Gasteiger partial charge is 0.354 e. The van der Waals surface area contributed by atoms with Crippen LogP contribution >= 0.6 is 11.3 Å². The van der Waals surface area contributed by atoms with E-state index in [4.69, 9.17) is 5.26 Å². The van der Waals surface area contributed by atoms with Crippen molar-refractivity contribution in [2.75, 3.05) is 12.4 Å². The fourth-order valence-electron chi connectivity index (χ4n) is 1.63. The molecule has 0 aliphatic rings. The highest BCUT2D eigenvalue weighted by atomic mass is 32.1. The molecule has 96 valence electrons. The molecular weight excluding hydrogens is 262 g/mol. The van der Waals surface area contributed by atoms with Crippen molar-refractivity contribution in [1.29, 1.82) is 5.26 Å². The summed E-state index contributed by atoms with van der Waals surface area (Å²) in [7, 11) is 1.58. The Morgan fingerprint density at radius 3 is 2.84 bits per heavy atom.